The fourth-order valence-electron chi connectivity index (χ4n) is 3.43. The maximum atomic E-state index is 12.5. The van der Waals surface area contributed by atoms with Crippen LogP contribution in [0.5, 0.6) is 0 Å². The van der Waals surface area contributed by atoms with Gasteiger partial charge in [-0.2, -0.15) is 0 Å². The third-order valence-electron chi connectivity index (χ3n) is 4.86. The van der Waals surface area contributed by atoms with Crippen LogP contribution in [0.1, 0.15) is 26.7 Å². The highest BCUT2D eigenvalue weighted by Gasteiger charge is 2.52. The Morgan fingerprint density at radius 1 is 1.39 bits per heavy atom. The van der Waals surface area contributed by atoms with E-state index in [0.717, 1.165) is 11.6 Å². The van der Waals surface area contributed by atoms with Crippen molar-refractivity contribution >= 4 is 19.2 Å². The van der Waals surface area contributed by atoms with Crippen LogP contribution in [-0.2, 0) is 9.53 Å². The normalized spacial score (nSPS) is 25.0. The summed E-state index contributed by atoms with van der Waals surface area (Å²) in [6.07, 6.45) is 0.884. The van der Waals surface area contributed by atoms with Gasteiger partial charge in [0.15, 0.2) is 5.60 Å². The van der Waals surface area contributed by atoms with Gasteiger partial charge in [0.25, 0.3) is 0 Å². The van der Waals surface area contributed by atoms with Gasteiger partial charge in [-0.1, -0.05) is 60.8 Å². The molecule has 0 spiro atoms. The van der Waals surface area contributed by atoms with Crippen LogP contribution in [0.3, 0.4) is 0 Å². The molecule has 23 heavy (non-hydrogen) atoms. The first-order valence-corrected chi connectivity index (χ1v) is 11.5. The third-order valence-corrected chi connectivity index (χ3v) is 8.19. The Labute approximate surface area is 140 Å². The number of aliphatic hydroxyl groups is 1. The minimum atomic E-state index is -1.79. The molecule has 0 heterocycles. The SMILES string of the molecule is C=C1CC[C@](O)(C(=O)OC(C)C)[C@H]1C[Si](C)(C)c1ccccc1. The summed E-state index contributed by atoms with van der Waals surface area (Å²) < 4.78 is 5.32. The average molecular weight is 333 g/mol. The van der Waals surface area contributed by atoms with Crippen LogP contribution < -0.4 is 5.19 Å². The molecule has 1 N–H and O–H groups in total. The number of hydrogen-bond acceptors (Lipinski definition) is 3. The molecular formula is C19H28O3Si. The highest BCUT2D eigenvalue weighted by molar-refractivity contribution is 6.89. The first-order chi connectivity index (χ1) is 10.7. The molecule has 3 nitrogen and oxygen atoms in total. The number of ether oxygens (including phenoxy) is 1. The van der Waals surface area contributed by atoms with Crippen molar-refractivity contribution in [2.24, 2.45) is 5.92 Å². The predicted octanol–water partition coefficient (Wildman–Crippen LogP) is 3.25. The van der Waals surface area contributed by atoms with E-state index in [0.29, 0.717) is 12.8 Å². The maximum absolute atomic E-state index is 12.5. The quantitative estimate of drug-likeness (QED) is 0.511. The predicted molar refractivity (Wildman–Crippen MR) is 96.4 cm³/mol. The zero-order valence-electron chi connectivity index (χ0n) is 14.6. The average Bonchev–Trinajstić information content (AvgIpc) is 2.77. The largest absolute Gasteiger partial charge is 0.461 e. The second-order valence-electron chi connectivity index (χ2n) is 7.54. The number of esters is 1. The van der Waals surface area contributed by atoms with E-state index in [1.165, 1.54) is 5.19 Å². The molecule has 0 aromatic heterocycles. The molecule has 0 aliphatic heterocycles. The molecule has 1 aromatic rings. The van der Waals surface area contributed by atoms with Crippen molar-refractivity contribution in [3.63, 3.8) is 0 Å². The molecule has 2 atom stereocenters. The molecular weight excluding hydrogens is 304 g/mol. The van der Waals surface area contributed by atoms with Crippen LogP contribution in [0.2, 0.25) is 19.1 Å². The second kappa shape index (κ2) is 6.61. The molecule has 0 saturated heterocycles. The van der Waals surface area contributed by atoms with Gasteiger partial charge in [-0.25, -0.2) is 4.79 Å². The highest BCUT2D eigenvalue weighted by atomic mass is 28.3. The molecule has 0 unspecified atom stereocenters. The summed E-state index contributed by atoms with van der Waals surface area (Å²) >= 11 is 0. The van der Waals surface area contributed by atoms with Crippen LogP contribution in [0, 0.1) is 5.92 Å². The van der Waals surface area contributed by atoms with Crippen molar-refractivity contribution < 1.29 is 14.6 Å². The van der Waals surface area contributed by atoms with Gasteiger partial charge in [-0.3, -0.25) is 0 Å². The zero-order chi connectivity index (χ0) is 17.3. The van der Waals surface area contributed by atoms with Gasteiger partial charge in [0.2, 0.25) is 0 Å². The monoisotopic (exact) mass is 332 g/mol. The molecule has 4 heteroatoms. The van der Waals surface area contributed by atoms with E-state index < -0.39 is 19.6 Å². The molecule has 1 fully saturated rings. The summed E-state index contributed by atoms with van der Waals surface area (Å²) in [4.78, 5) is 12.5. The van der Waals surface area contributed by atoms with Crippen molar-refractivity contribution in [1.29, 1.82) is 0 Å². The molecule has 0 bridgehead atoms. The lowest BCUT2D eigenvalue weighted by Gasteiger charge is -2.34. The molecule has 2 rings (SSSR count). The van der Waals surface area contributed by atoms with Gasteiger partial charge in [-0.15, -0.1) is 0 Å². The summed E-state index contributed by atoms with van der Waals surface area (Å²) in [6.45, 7) is 12.3. The van der Waals surface area contributed by atoms with Crippen LogP contribution >= 0.6 is 0 Å². The molecule has 1 aliphatic carbocycles. The van der Waals surface area contributed by atoms with Crippen molar-refractivity contribution in [1.82, 2.24) is 0 Å². The van der Waals surface area contributed by atoms with Gasteiger partial charge in [-0.05, 0) is 32.7 Å². The smallest absolute Gasteiger partial charge is 0.338 e. The van der Waals surface area contributed by atoms with Crippen molar-refractivity contribution in [3.05, 3.63) is 42.5 Å². The molecule has 126 valence electrons. The van der Waals surface area contributed by atoms with E-state index in [4.69, 9.17) is 4.74 Å². The van der Waals surface area contributed by atoms with Gasteiger partial charge >= 0.3 is 5.97 Å². The van der Waals surface area contributed by atoms with Gasteiger partial charge < -0.3 is 9.84 Å². The summed E-state index contributed by atoms with van der Waals surface area (Å²) in [6, 6.07) is 11.2. The lowest BCUT2D eigenvalue weighted by Crippen LogP contribution is -2.50. The number of rotatable bonds is 5. The maximum Gasteiger partial charge on any atom is 0.338 e. The molecule has 0 radical (unpaired) electrons. The number of benzene rings is 1. The van der Waals surface area contributed by atoms with Crippen LogP contribution in [0.4, 0.5) is 0 Å². The molecule has 1 aromatic carbocycles. The summed E-state index contributed by atoms with van der Waals surface area (Å²) in [5.41, 5.74) is -0.440. The van der Waals surface area contributed by atoms with E-state index in [1.807, 2.05) is 32.0 Å². The second-order valence-corrected chi connectivity index (χ2v) is 12.3. The Kier molecular flexibility index (Phi) is 5.16. The van der Waals surface area contributed by atoms with E-state index in [1.54, 1.807) is 0 Å². The van der Waals surface area contributed by atoms with Crippen molar-refractivity contribution in [2.45, 2.75) is 57.5 Å². The molecule has 0 amide bonds. The first kappa shape index (κ1) is 18.0. The minimum absolute atomic E-state index is 0.212. The van der Waals surface area contributed by atoms with E-state index in [2.05, 4.69) is 31.8 Å². The molecule has 1 saturated carbocycles. The van der Waals surface area contributed by atoms with E-state index in [9.17, 15) is 9.90 Å². The van der Waals surface area contributed by atoms with Crippen molar-refractivity contribution in [3.8, 4) is 0 Å². The van der Waals surface area contributed by atoms with E-state index >= 15 is 0 Å². The number of hydrogen-bond donors (Lipinski definition) is 1. The van der Waals surface area contributed by atoms with E-state index in [-0.39, 0.29) is 12.0 Å². The lowest BCUT2D eigenvalue weighted by atomic mass is 9.91. The Hall–Kier alpha value is -1.39. The highest BCUT2D eigenvalue weighted by Crippen LogP contribution is 2.44. The number of carbonyl (C=O) groups is 1. The summed E-state index contributed by atoms with van der Waals surface area (Å²) in [5, 5.41) is 12.4. The van der Waals surface area contributed by atoms with Gasteiger partial charge in [0.1, 0.15) is 0 Å². The van der Waals surface area contributed by atoms with Gasteiger partial charge in [0, 0.05) is 5.92 Å². The zero-order valence-corrected chi connectivity index (χ0v) is 15.6. The Balaban J connectivity index is 2.25. The standard InChI is InChI=1S/C19H28O3Si/c1-14(2)22-18(20)19(21)12-11-15(3)17(19)13-23(4,5)16-9-7-6-8-10-16/h6-10,14,17,21H,3,11-13H2,1-2,4-5H3/t17-,19+/m0/s1. The van der Waals surface area contributed by atoms with Gasteiger partial charge in [0.05, 0.1) is 14.2 Å². The minimum Gasteiger partial charge on any atom is -0.461 e. The lowest BCUT2D eigenvalue weighted by molar-refractivity contribution is -0.172. The first-order valence-electron chi connectivity index (χ1n) is 8.33. The number of carbonyl (C=O) groups excluding carboxylic acids is 1. The Morgan fingerprint density at radius 2 is 2.00 bits per heavy atom. The topological polar surface area (TPSA) is 46.5 Å². The fourth-order valence-corrected chi connectivity index (χ4v) is 6.41. The van der Waals surface area contributed by atoms with Crippen LogP contribution in [-0.4, -0.2) is 30.9 Å². The molecule has 1 aliphatic rings. The van der Waals surface area contributed by atoms with Crippen LogP contribution in [0.25, 0.3) is 0 Å². The van der Waals surface area contributed by atoms with Crippen molar-refractivity contribution in [2.75, 3.05) is 0 Å². The third kappa shape index (κ3) is 3.75. The summed E-state index contributed by atoms with van der Waals surface area (Å²) in [7, 11) is -1.79. The fraction of sp³-hybridized carbons (Fsp3) is 0.526. The van der Waals surface area contributed by atoms with Crippen LogP contribution in [0.15, 0.2) is 42.5 Å². The Bertz CT molecular complexity index is 580. The Morgan fingerprint density at radius 3 is 2.57 bits per heavy atom. The summed E-state index contributed by atoms with van der Waals surface area (Å²) in [5.74, 6) is -0.704.